The van der Waals surface area contributed by atoms with Crippen LogP contribution in [-0.4, -0.2) is 23.0 Å². The highest BCUT2D eigenvalue weighted by Gasteiger charge is 2.14. The molecule has 0 saturated carbocycles. The van der Waals surface area contributed by atoms with Gasteiger partial charge in [0.2, 0.25) is 5.91 Å². The number of aliphatic carboxylic acids is 1. The molecular formula is C14H20N2O4S. The standard InChI is InChI=1S/C14H20N2O4S/c1-3-10-4-5-21-11(10)8-15-14(20)16-12(17)6-9(2)7-13(18)19/h4-5,9H,3,6-8H2,1-2H3,(H,18,19)(H2,15,16,17,20). The smallest absolute Gasteiger partial charge is 0.321 e. The number of hydrogen-bond acceptors (Lipinski definition) is 4. The predicted molar refractivity (Wildman–Crippen MR) is 80.1 cm³/mol. The summed E-state index contributed by atoms with van der Waals surface area (Å²) in [5, 5.41) is 15.4. The highest BCUT2D eigenvalue weighted by Crippen LogP contribution is 2.16. The zero-order chi connectivity index (χ0) is 15.8. The van der Waals surface area contributed by atoms with Crippen molar-refractivity contribution in [1.82, 2.24) is 10.6 Å². The van der Waals surface area contributed by atoms with E-state index in [0.717, 1.165) is 11.3 Å². The zero-order valence-electron chi connectivity index (χ0n) is 12.1. The van der Waals surface area contributed by atoms with Gasteiger partial charge >= 0.3 is 12.0 Å². The molecule has 7 heteroatoms. The quantitative estimate of drug-likeness (QED) is 0.718. The predicted octanol–water partition coefficient (Wildman–Crippen LogP) is 2.14. The summed E-state index contributed by atoms with van der Waals surface area (Å²) < 4.78 is 0. The number of urea groups is 1. The van der Waals surface area contributed by atoms with Crippen LogP contribution in [0.25, 0.3) is 0 Å². The van der Waals surface area contributed by atoms with Gasteiger partial charge in [-0.3, -0.25) is 14.9 Å². The maximum absolute atomic E-state index is 11.6. The maximum Gasteiger partial charge on any atom is 0.321 e. The molecule has 1 atom stereocenters. The molecule has 1 heterocycles. The average molecular weight is 312 g/mol. The fraction of sp³-hybridized carbons (Fsp3) is 0.500. The second kappa shape index (κ2) is 8.41. The lowest BCUT2D eigenvalue weighted by atomic mass is 10.0. The van der Waals surface area contributed by atoms with Crippen LogP contribution in [0.15, 0.2) is 11.4 Å². The van der Waals surface area contributed by atoms with Crippen molar-refractivity contribution in [2.75, 3.05) is 0 Å². The van der Waals surface area contributed by atoms with E-state index in [9.17, 15) is 14.4 Å². The molecule has 21 heavy (non-hydrogen) atoms. The average Bonchev–Trinajstić information content (AvgIpc) is 2.82. The number of carboxylic acid groups (broad SMARTS) is 1. The first-order valence-corrected chi connectivity index (χ1v) is 7.65. The third kappa shape index (κ3) is 6.40. The number of nitrogens with one attached hydrogen (secondary N) is 2. The second-order valence-corrected chi connectivity index (χ2v) is 5.86. The van der Waals surface area contributed by atoms with Crippen LogP contribution < -0.4 is 10.6 Å². The lowest BCUT2D eigenvalue weighted by Crippen LogP contribution is -2.39. The fourth-order valence-electron chi connectivity index (χ4n) is 1.91. The summed E-state index contributed by atoms with van der Waals surface area (Å²) in [7, 11) is 0. The normalized spacial score (nSPS) is 11.7. The second-order valence-electron chi connectivity index (χ2n) is 4.86. The Balaban J connectivity index is 2.33. The van der Waals surface area contributed by atoms with Crippen LogP contribution in [0.2, 0.25) is 0 Å². The lowest BCUT2D eigenvalue weighted by molar-refractivity contribution is -0.138. The molecule has 0 bridgehead atoms. The minimum Gasteiger partial charge on any atom is -0.481 e. The summed E-state index contributed by atoms with van der Waals surface area (Å²) in [6.45, 7) is 4.08. The van der Waals surface area contributed by atoms with E-state index in [2.05, 4.69) is 10.6 Å². The van der Waals surface area contributed by atoms with E-state index in [1.54, 1.807) is 18.3 Å². The zero-order valence-corrected chi connectivity index (χ0v) is 13.0. The highest BCUT2D eigenvalue weighted by atomic mass is 32.1. The molecule has 6 nitrogen and oxygen atoms in total. The maximum atomic E-state index is 11.6. The minimum atomic E-state index is -0.954. The summed E-state index contributed by atoms with van der Waals surface area (Å²) in [6.07, 6.45) is 0.816. The van der Waals surface area contributed by atoms with E-state index in [1.165, 1.54) is 5.56 Å². The van der Waals surface area contributed by atoms with Gasteiger partial charge in [0.05, 0.1) is 6.54 Å². The Labute approximate surface area is 127 Å². The summed E-state index contributed by atoms with van der Waals surface area (Å²) in [5.74, 6) is -1.73. The molecule has 1 unspecified atom stereocenters. The van der Waals surface area contributed by atoms with Crippen molar-refractivity contribution in [3.63, 3.8) is 0 Å². The monoisotopic (exact) mass is 312 g/mol. The Hall–Kier alpha value is -1.89. The van der Waals surface area contributed by atoms with E-state index in [4.69, 9.17) is 5.11 Å². The molecule has 0 spiro atoms. The van der Waals surface area contributed by atoms with E-state index < -0.39 is 17.9 Å². The summed E-state index contributed by atoms with van der Waals surface area (Å²) in [6, 6.07) is 1.45. The first-order valence-electron chi connectivity index (χ1n) is 6.77. The van der Waals surface area contributed by atoms with Crippen LogP contribution in [0, 0.1) is 5.92 Å². The van der Waals surface area contributed by atoms with Crippen molar-refractivity contribution in [3.8, 4) is 0 Å². The van der Waals surface area contributed by atoms with Gasteiger partial charge in [-0.15, -0.1) is 11.3 Å². The topological polar surface area (TPSA) is 95.5 Å². The molecule has 1 aromatic rings. The van der Waals surface area contributed by atoms with Gasteiger partial charge in [0.15, 0.2) is 0 Å². The molecule has 0 saturated heterocycles. The molecular weight excluding hydrogens is 292 g/mol. The van der Waals surface area contributed by atoms with Crippen LogP contribution in [0.4, 0.5) is 4.79 Å². The largest absolute Gasteiger partial charge is 0.481 e. The van der Waals surface area contributed by atoms with Crippen molar-refractivity contribution in [2.45, 2.75) is 39.7 Å². The molecule has 3 amide bonds. The number of rotatable bonds is 7. The van der Waals surface area contributed by atoms with Crippen molar-refractivity contribution in [3.05, 3.63) is 21.9 Å². The molecule has 3 N–H and O–H groups in total. The number of carbonyl (C=O) groups excluding carboxylic acids is 2. The van der Waals surface area contributed by atoms with Crippen LogP contribution in [0.5, 0.6) is 0 Å². The van der Waals surface area contributed by atoms with Crippen LogP contribution in [0.3, 0.4) is 0 Å². The first kappa shape index (κ1) is 17.2. The molecule has 0 aliphatic heterocycles. The highest BCUT2D eigenvalue weighted by molar-refractivity contribution is 7.10. The van der Waals surface area contributed by atoms with Gasteiger partial charge in [-0.1, -0.05) is 13.8 Å². The molecule has 116 valence electrons. The lowest BCUT2D eigenvalue weighted by Gasteiger charge is -2.09. The van der Waals surface area contributed by atoms with Crippen molar-refractivity contribution >= 4 is 29.2 Å². The molecule has 0 aliphatic carbocycles. The number of imide groups is 1. The van der Waals surface area contributed by atoms with Gasteiger partial charge in [0.1, 0.15) is 0 Å². The number of carbonyl (C=O) groups is 3. The number of thiophene rings is 1. The van der Waals surface area contributed by atoms with E-state index >= 15 is 0 Å². The number of hydrogen-bond donors (Lipinski definition) is 3. The number of aryl methyl sites for hydroxylation is 1. The number of amides is 3. The van der Waals surface area contributed by atoms with Gasteiger partial charge in [0.25, 0.3) is 0 Å². The van der Waals surface area contributed by atoms with Crippen LogP contribution in [0.1, 0.15) is 37.1 Å². The van der Waals surface area contributed by atoms with E-state index in [0.29, 0.717) is 6.54 Å². The Morgan fingerprint density at radius 2 is 2.05 bits per heavy atom. The Morgan fingerprint density at radius 3 is 2.67 bits per heavy atom. The van der Waals surface area contributed by atoms with Crippen LogP contribution >= 0.6 is 11.3 Å². The Kier molecular flexibility index (Phi) is 6.87. The SMILES string of the molecule is CCc1ccsc1CNC(=O)NC(=O)CC(C)CC(=O)O. The Bertz CT molecular complexity index is 513. The molecule has 0 fully saturated rings. The molecule has 0 aliphatic rings. The van der Waals surface area contributed by atoms with Gasteiger partial charge < -0.3 is 10.4 Å². The van der Waals surface area contributed by atoms with E-state index in [-0.39, 0.29) is 18.8 Å². The van der Waals surface area contributed by atoms with Crippen molar-refractivity contribution in [1.29, 1.82) is 0 Å². The summed E-state index contributed by atoms with van der Waals surface area (Å²) in [4.78, 5) is 34.7. The molecule has 0 aromatic carbocycles. The Morgan fingerprint density at radius 1 is 1.33 bits per heavy atom. The van der Waals surface area contributed by atoms with Gasteiger partial charge in [-0.2, -0.15) is 0 Å². The molecule has 0 radical (unpaired) electrons. The molecule has 1 aromatic heterocycles. The van der Waals surface area contributed by atoms with E-state index in [1.807, 2.05) is 18.4 Å². The van der Waals surface area contributed by atoms with Gasteiger partial charge in [-0.05, 0) is 29.3 Å². The van der Waals surface area contributed by atoms with Crippen LogP contribution in [-0.2, 0) is 22.6 Å². The van der Waals surface area contributed by atoms with Crippen molar-refractivity contribution < 1.29 is 19.5 Å². The van der Waals surface area contributed by atoms with Gasteiger partial charge in [0, 0.05) is 17.7 Å². The first-order chi connectivity index (χ1) is 9.92. The fourth-order valence-corrected chi connectivity index (χ4v) is 2.82. The minimum absolute atomic E-state index is 0.0128. The van der Waals surface area contributed by atoms with Gasteiger partial charge in [-0.25, -0.2) is 4.79 Å². The third-order valence-electron chi connectivity index (χ3n) is 2.94. The summed E-state index contributed by atoms with van der Waals surface area (Å²) >= 11 is 1.56. The third-order valence-corrected chi connectivity index (χ3v) is 3.90. The van der Waals surface area contributed by atoms with Crippen molar-refractivity contribution in [2.24, 2.45) is 5.92 Å². The summed E-state index contributed by atoms with van der Waals surface area (Å²) in [5.41, 5.74) is 1.18. The molecule has 1 rings (SSSR count). The number of carboxylic acids is 1.